The number of amides is 3. The van der Waals surface area contributed by atoms with Gasteiger partial charge in [0, 0.05) is 36.3 Å². The van der Waals surface area contributed by atoms with Gasteiger partial charge in [0.25, 0.3) is 5.91 Å². The van der Waals surface area contributed by atoms with E-state index in [0.29, 0.717) is 22.8 Å². The van der Waals surface area contributed by atoms with E-state index < -0.39 is 11.9 Å². The van der Waals surface area contributed by atoms with E-state index in [1.165, 1.54) is 4.90 Å². The first kappa shape index (κ1) is 24.6. The van der Waals surface area contributed by atoms with Crippen molar-refractivity contribution in [3.05, 3.63) is 59.8 Å². The monoisotopic (exact) mass is 490 g/mol. The summed E-state index contributed by atoms with van der Waals surface area (Å²) in [5, 5.41) is 11.4. The molecular formula is C26H26N4O6. The summed E-state index contributed by atoms with van der Waals surface area (Å²) >= 11 is 0. The van der Waals surface area contributed by atoms with Crippen molar-refractivity contribution < 1.29 is 28.7 Å². The van der Waals surface area contributed by atoms with Crippen LogP contribution in [0.3, 0.4) is 0 Å². The molecule has 0 atom stereocenters. The van der Waals surface area contributed by atoms with E-state index in [1.807, 2.05) is 0 Å². The van der Waals surface area contributed by atoms with Crippen LogP contribution in [0.5, 0.6) is 5.75 Å². The number of methoxy groups -OCH3 is 1. The lowest BCUT2D eigenvalue weighted by molar-refractivity contribution is -0.135. The number of ether oxygens (including phenoxy) is 2. The summed E-state index contributed by atoms with van der Waals surface area (Å²) in [6, 6.07) is 13.5. The van der Waals surface area contributed by atoms with Crippen LogP contribution in [0.15, 0.2) is 59.8 Å². The lowest BCUT2D eigenvalue weighted by Gasteiger charge is -2.31. The van der Waals surface area contributed by atoms with Crippen LogP contribution in [-0.4, -0.2) is 49.7 Å². The molecule has 4 rings (SSSR count). The van der Waals surface area contributed by atoms with Crippen molar-refractivity contribution in [3.8, 4) is 5.75 Å². The van der Waals surface area contributed by atoms with Crippen LogP contribution in [0.25, 0.3) is 0 Å². The van der Waals surface area contributed by atoms with Gasteiger partial charge in [-0.3, -0.25) is 24.7 Å². The predicted octanol–water partition coefficient (Wildman–Crippen LogP) is 3.03. The standard InChI is InChI=1S/C26H26N4O6/c1-3-36-26(34)23(27)20-14-15-29(25(33)24(20)28-16-4-10-19(35-2)11-5-16)17-6-8-18(9-7-17)30-21(31)12-13-22(30)32/h4-11,27-28H,3,12-15H2,1-2H3. The zero-order valence-corrected chi connectivity index (χ0v) is 20.0. The van der Waals surface area contributed by atoms with Crippen molar-refractivity contribution in [3.63, 3.8) is 0 Å². The lowest BCUT2D eigenvalue weighted by Crippen LogP contribution is -2.42. The van der Waals surface area contributed by atoms with Gasteiger partial charge in [-0.2, -0.15) is 0 Å². The number of anilines is 3. The van der Waals surface area contributed by atoms with E-state index in [4.69, 9.17) is 14.9 Å². The van der Waals surface area contributed by atoms with Crippen LogP contribution < -0.4 is 19.9 Å². The molecule has 0 unspecified atom stereocenters. The van der Waals surface area contributed by atoms with Crippen molar-refractivity contribution in [1.29, 1.82) is 5.41 Å². The molecule has 2 aromatic carbocycles. The zero-order valence-electron chi connectivity index (χ0n) is 20.0. The van der Waals surface area contributed by atoms with Crippen molar-refractivity contribution in [2.45, 2.75) is 26.2 Å². The van der Waals surface area contributed by atoms with E-state index in [-0.39, 0.29) is 61.2 Å². The second-order valence-electron chi connectivity index (χ2n) is 8.15. The maximum Gasteiger partial charge on any atom is 0.356 e. The fourth-order valence-corrected chi connectivity index (χ4v) is 4.13. The van der Waals surface area contributed by atoms with E-state index >= 15 is 0 Å². The number of imide groups is 1. The molecule has 2 N–H and O–H groups in total. The highest BCUT2D eigenvalue weighted by molar-refractivity contribution is 6.43. The van der Waals surface area contributed by atoms with Gasteiger partial charge in [-0.15, -0.1) is 0 Å². The summed E-state index contributed by atoms with van der Waals surface area (Å²) in [5.41, 5.74) is 1.57. The minimum atomic E-state index is -0.799. The van der Waals surface area contributed by atoms with Gasteiger partial charge in [-0.25, -0.2) is 4.79 Å². The highest BCUT2D eigenvalue weighted by Crippen LogP contribution is 2.30. The Morgan fingerprint density at radius 2 is 1.56 bits per heavy atom. The Balaban J connectivity index is 1.64. The summed E-state index contributed by atoms with van der Waals surface area (Å²) in [5.74, 6) is -1.09. The van der Waals surface area contributed by atoms with Crippen molar-refractivity contribution in [2.75, 3.05) is 35.4 Å². The molecule has 0 spiro atoms. The van der Waals surface area contributed by atoms with Crippen molar-refractivity contribution in [1.82, 2.24) is 0 Å². The molecule has 186 valence electrons. The molecule has 2 heterocycles. The smallest absolute Gasteiger partial charge is 0.356 e. The van der Waals surface area contributed by atoms with Crippen LogP contribution in [-0.2, 0) is 23.9 Å². The Morgan fingerprint density at radius 1 is 0.944 bits per heavy atom. The number of carbonyl (C=O) groups excluding carboxylic acids is 4. The Morgan fingerprint density at radius 3 is 2.14 bits per heavy atom. The SMILES string of the molecule is CCOC(=O)C(=N)C1=C(Nc2ccc(OC)cc2)C(=O)N(c2ccc(N3C(=O)CCC3=O)cc2)CC1. The van der Waals surface area contributed by atoms with E-state index in [0.717, 1.165) is 4.90 Å². The first-order chi connectivity index (χ1) is 17.3. The Hall–Kier alpha value is -4.47. The topological polar surface area (TPSA) is 129 Å². The van der Waals surface area contributed by atoms with Crippen LogP contribution in [0.2, 0.25) is 0 Å². The summed E-state index contributed by atoms with van der Waals surface area (Å²) in [6.45, 7) is 1.99. The van der Waals surface area contributed by atoms with Crippen molar-refractivity contribution >= 4 is 46.5 Å². The van der Waals surface area contributed by atoms with Crippen LogP contribution in [0.4, 0.5) is 17.1 Å². The molecule has 0 saturated carbocycles. The molecule has 10 nitrogen and oxygen atoms in total. The number of nitrogens with zero attached hydrogens (tertiary/aromatic N) is 2. The number of benzene rings is 2. The normalized spacial score (nSPS) is 15.9. The first-order valence-corrected chi connectivity index (χ1v) is 11.5. The number of carbonyl (C=O) groups is 4. The molecule has 1 fully saturated rings. The number of rotatable bonds is 8. The predicted molar refractivity (Wildman–Crippen MR) is 133 cm³/mol. The van der Waals surface area contributed by atoms with Gasteiger partial charge in [0.1, 0.15) is 17.2 Å². The molecule has 0 aromatic heterocycles. The van der Waals surface area contributed by atoms with E-state index in [1.54, 1.807) is 62.6 Å². The fraction of sp³-hybridized carbons (Fsp3) is 0.269. The molecule has 3 amide bonds. The zero-order chi connectivity index (χ0) is 25.8. The summed E-state index contributed by atoms with van der Waals surface area (Å²) in [4.78, 5) is 52.7. The van der Waals surface area contributed by atoms with Gasteiger partial charge >= 0.3 is 5.97 Å². The third-order valence-electron chi connectivity index (χ3n) is 5.96. The van der Waals surface area contributed by atoms with Gasteiger partial charge in [-0.05, 0) is 61.9 Å². The number of hydrogen-bond donors (Lipinski definition) is 2. The molecular weight excluding hydrogens is 464 g/mol. The molecule has 0 radical (unpaired) electrons. The Kier molecular flexibility index (Phi) is 7.14. The van der Waals surface area contributed by atoms with E-state index in [2.05, 4.69) is 5.32 Å². The van der Waals surface area contributed by atoms with Crippen molar-refractivity contribution in [2.24, 2.45) is 0 Å². The molecule has 10 heteroatoms. The summed E-state index contributed by atoms with van der Waals surface area (Å²) < 4.78 is 10.2. The molecule has 2 aliphatic heterocycles. The molecule has 2 aromatic rings. The molecule has 1 saturated heterocycles. The van der Waals surface area contributed by atoms with Crippen LogP contribution in [0.1, 0.15) is 26.2 Å². The van der Waals surface area contributed by atoms with Gasteiger partial charge in [-0.1, -0.05) is 0 Å². The third kappa shape index (κ3) is 4.83. The third-order valence-corrected chi connectivity index (χ3v) is 5.96. The number of hydrogen-bond acceptors (Lipinski definition) is 8. The fourth-order valence-electron chi connectivity index (χ4n) is 4.13. The largest absolute Gasteiger partial charge is 0.497 e. The van der Waals surface area contributed by atoms with Crippen LogP contribution in [0, 0.1) is 5.41 Å². The minimum absolute atomic E-state index is 0.0958. The Bertz CT molecular complexity index is 1230. The highest BCUT2D eigenvalue weighted by Gasteiger charge is 2.34. The average Bonchev–Trinajstić information content (AvgIpc) is 3.23. The van der Waals surface area contributed by atoms with Gasteiger partial charge in [0.15, 0.2) is 0 Å². The van der Waals surface area contributed by atoms with Gasteiger partial charge < -0.3 is 19.7 Å². The molecule has 36 heavy (non-hydrogen) atoms. The highest BCUT2D eigenvalue weighted by atomic mass is 16.5. The lowest BCUT2D eigenvalue weighted by atomic mass is 9.98. The van der Waals surface area contributed by atoms with E-state index in [9.17, 15) is 19.2 Å². The molecule has 0 bridgehead atoms. The number of esters is 1. The quantitative estimate of drug-likeness (QED) is 0.331. The Labute approximate surface area is 208 Å². The second kappa shape index (κ2) is 10.4. The molecule has 0 aliphatic carbocycles. The van der Waals surface area contributed by atoms with Crippen LogP contribution >= 0.6 is 0 Å². The van der Waals surface area contributed by atoms with Gasteiger partial charge in [0.05, 0.1) is 19.4 Å². The summed E-state index contributed by atoms with van der Waals surface area (Å²) in [6.07, 6.45) is 0.615. The minimum Gasteiger partial charge on any atom is -0.497 e. The second-order valence-corrected chi connectivity index (χ2v) is 8.15. The van der Waals surface area contributed by atoms with Gasteiger partial charge in [0.2, 0.25) is 11.8 Å². The number of nitrogens with one attached hydrogen (secondary N) is 2. The average molecular weight is 491 g/mol. The maximum absolute atomic E-state index is 13.6. The first-order valence-electron chi connectivity index (χ1n) is 11.5. The summed E-state index contributed by atoms with van der Waals surface area (Å²) in [7, 11) is 1.55. The maximum atomic E-state index is 13.6. The molecule has 2 aliphatic rings.